The Morgan fingerprint density at radius 2 is 1.87 bits per heavy atom. The summed E-state index contributed by atoms with van der Waals surface area (Å²) in [6, 6.07) is 8.75. The van der Waals surface area contributed by atoms with Crippen LogP contribution in [0.1, 0.15) is 43.7 Å². The second-order valence-corrected chi connectivity index (χ2v) is 4.56. The first-order valence-electron chi connectivity index (χ1n) is 5.85. The van der Waals surface area contributed by atoms with E-state index in [9.17, 15) is 0 Å². The van der Waals surface area contributed by atoms with Crippen LogP contribution >= 0.6 is 11.6 Å². The standard InChI is InChI=1S/C14H21Cl/c1-4-12(5-2)14(10-15)13-8-6-7-11(3)9-13/h6-9,12,14H,4-5,10H2,1-3H3. The highest BCUT2D eigenvalue weighted by molar-refractivity contribution is 6.18. The first kappa shape index (κ1) is 12.6. The molecule has 1 atom stereocenters. The van der Waals surface area contributed by atoms with Crippen LogP contribution in [0, 0.1) is 12.8 Å². The summed E-state index contributed by atoms with van der Waals surface area (Å²) < 4.78 is 0. The topological polar surface area (TPSA) is 0 Å². The summed E-state index contributed by atoms with van der Waals surface area (Å²) >= 11 is 6.11. The Morgan fingerprint density at radius 3 is 2.33 bits per heavy atom. The van der Waals surface area contributed by atoms with Crippen molar-refractivity contribution in [1.82, 2.24) is 0 Å². The molecule has 0 bridgehead atoms. The summed E-state index contributed by atoms with van der Waals surface area (Å²) in [6.45, 7) is 6.65. The maximum absolute atomic E-state index is 6.11. The Balaban J connectivity index is 2.90. The van der Waals surface area contributed by atoms with E-state index in [1.807, 2.05) is 0 Å². The molecule has 0 saturated carbocycles. The molecular weight excluding hydrogens is 204 g/mol. The van der Waals surface area contributed by atoms with Crippen molar-refractivity contribution in [2.75, 3.05) is 5.88 Å². The molecule has 0 aliphatic carbocycles. The van der Waals surface area contributed by atoms with Gasteiger partial charge in [-0.3, -0.25) is 0 Å². The van der Waals surface area contributed by atoms with Crippen molar-refractivity contribution in [3.8, 4) is 0 Å². The molecule has 0 heterocycles. The van der Waals surface area contributed by atoms with Gasteiger partial charge < -0.3 is 0 Å². The van der Waals surface area contributed by atoms with Gasteiger partial charge in [0.1, 0.15) is 0 Å². The molecule has 1 aromatic carbocycles. The van der Waals surface area contributed by atoms with Crippen LogP contribution in [0.4, 0.5) is 0 Å². The van der Waals surface area contributed by atoms with Crippen LogP contribution < -0.4 is 0 Å². The van der Waals surface area contributed by atoms with E-state index in [0.29, 0.717) is 11.8 Å². The lowest BCUT2D eigenvalue weighted by Crippen LogP contribution is -2.13. The van der Waals surface area contributed by atoms with Crippen LogP contribution in [0.5, 0.6) is 0 Å². The molecule has 0 aliphatic heterocycles. The molecule has 1 aromatic rings. The molecule has 0 aliphatic rings. The molecule has 84 valence electrons. The summed E-state index contributed by atoms with van der Waals surface area (Å²) in [5, 5.41) is 0. The lowest BCUT2D eigenvalue weighted by atomic mass is 9.83. The molecule has 0 N–H and O–H groups in total. The zero-order valence-corrected chi connectivity index (χ0v) is 10.7. The number of hydrogen-bond donors (Lipinski definition) is 0. The third-order valence-corrected chi connectivity index (χ3v) is 3.59. The Bertz CT molecular complexity index is 289. The number of halogens is 1. The van der Waals surface area contributed by atoms with E-state index >= 15 is 0 Å². The molecule has 0 amide bonds. The fraction of sp³-hybridized carbons (Fsp3) is 0.571. The maximum atomic E-state index is 6.11. The molecule has 1 rings (SSSR count). The van der Waals surface area contributed by atoms with E-state index in [1.54, 1.807) is 0 Å². The van der Waals surface area contributed by atoms with Crippen LogP contribution in [-0.2, 0) is 0 Å². The predicted octanol–water partition coefficient (Wildman–Crippen LogP) is 4.75. The predicted molar refractivity (Wildman–Crippen MR) is 68.7 cm³/mol. The van der Waals surface area contributed by atoms with Crippen LogP contribution in [-0.4, -0.2) is 5.88 Å². The Labute approximate surface area is 98.7 Å². The fourth-order valence-electron chi connectivity index (χ4n) is 2.25. The minimum absolute atomic E-state index is 0.515. The Morgan fingerprint density at radius 1 is 1.20 bits per heavy atom. The third kappa shape index (κ3) is 3.24. The third-order valence-electron chi connectivity index (χ3n) is 3.25. The molecule has 0 spiro atoms. The van der Waals surface area contributed by atoms with Crippen molar-refractivity contribution in [1.29, 1.82) is 0 Å². The SMILES string of the molecule is CCC(CC)C(CCl)c1cccc(C)c1. The molecule has 0 nitrogen and oxygen atoms in total. The summed E-state index contributed by atoms with van der Waals surface area (Å²) in [4.78, 5) is 0. The van der Waals surface area contributed by atoms with Gasteiger partial charge in [-0.05, 0) is 18.4 Å². The zero-order chi connectivity index (χ0) is 11.3. The Hall–Kier alpha value is -0.490. The first-order chi connectivity index (χ1) is 7.22. The molecule has 15 heavy (non-hydrogen) atoms. The quantitative estimate of drug-likeness (QED) is 0.633. The highest BCUT2D eigenvalue weighted by Crippen LogP contribution is 2.31. The minimum Gasteiger partial charge on any atom is -0.126 e. The summed E-state index contributed by atoms with van der Waals surface area (Å²) in [5.41, 5.74) is 2.73. The van der Waals surface area contributed by atoms with Crippen LogP contribution in [0.25, 0.3) is 0 Å². The van der Waals surface area contributed by atoms with Gasteiger partial charge in [0.2, 0.25) is 0 Å². The van der Waals surface area contributed by atoms with Crippen molar-refractivity contribution in [3.05, 3.63) is 35.4 Å². The van der Waals surface area contributed by atoms with Crippen LogP contribution in [0.3, 0.4) is 0 Å². The lowest BCUT2D eigenvalue weighted by Gasteiger charge is -2.23. The molecular formula is C14H21Cl. The monoisotopic (exact) mass is 224 g/mol. The van der Waals surface area contributed by atoms with Crippen molar-refractivity contribution in [3.63, 3.8) is 0 Å². The van der Waals surface area contributed by atoms with Crippen molar-refractivity contribution >= 4 is 11.6 Å². The van der Waals surface area contributed by atoms with Crippen LogP contribution in [0.15, 0.2) is 24.3 Å². The van der Waals surface area contributed by atoms with Gasteiger partial charge in [-0.15, -0.1) is 11.6 Å². The fourth-order valence-corrected chi connectivity index (χ4v) is 2.68. The molecule has 1 heteroatoms. The lowest BCUT2D eigenvalue weighted by molar-refractivity contribution is 0.422. The van der Waals surface area contributed by atoms with Gasteiger partial charge in [0.25, 0.3) is 0 Å². The average Bonchev–Trinajstić information content (AvgIpc) is 2.25. The highest BCUT2D eigenvalue weighted by atomic mass is 35.5. The summed E-state index contributed by atoms with van der Waals surface area (Å²) in [6.07, 6.45) is 2.42. The van der Waals surface area contributed by atoms with Crippen molar-refractivity contribution < 1.29 is 0 Å². The maximum Gasteiger partial charge on any atom is 0.0294 e. The van der Waals surface area contributed by atoms with E-state index in [4.69, 9.17) is 11.6 Å². The summed E-state index contributed by atoms with van der Waals surface area (Å²) in [7, 11) is 0. The van der Waals surface area contributed by atoms with Gasteiger partial charge in [0.15, 0.2) is 0 Å². The van der Waals surface area contributed by atoms with Crippen molar-refractivity contribution in [2.24, 2.45) is 5.92 Å². The van der Waals surface area contributed by atoms with E-state index < -0.39 is 0 Å². The van der Waals surface area contributed by atoms with E-state index in [-0.39, 0.29) is 0 Å². The van der Waals surface area contributed by atoms with Crippen LogP contribution in [0.2, 0.25) is 0 Å². The van der Waals surface area contributed by atoms with E-state index in [0.717, 1.165) is 5.88 Å². The second kappa shape index (κ2) is 6.17. The second-order valence-electron chi connectivity index (χ2n) is 4.25. The zero-order valence-electron chi connectivity index (χ0n) is 9.96. The number of alkyl halides is 1. The highest BCUT2D eigenvalue weighted by Gasteiger charge is 2.19. The molecule has 0 aromatic heterocycles. The molecule has 0 radical (unpaired) electrons. The normalized spacial score (nSPS) is 13.1. The molecule has 1 unspecified atom stereocenters. The first-order valence-corrected chi connectivity index (χ1v) is 6.38. The van der Waals surface area contributed by atoms with Crippen molar-refractivity contribution in [2.45, 2.75) is 39.5 Å². The summed E-state index contributed by atoms with van der Waals surface area (Å²) in [5.74, 6) is 1.96. The van der Waals surface area contributed by atoms with E-state index in [1.165, 1.54) is 24.0 Å². The average molecular weight is 225 g/mol. The number of aryl methyl sites for hydroxylation is 1. The van der Waals surface area contributed by atoms with Gasteiger partial charge in [-0.2, -0.15) is 0 Å². The smallest absolute Gasteiger partial charge is 0.0294 e. The van der Waals surface area contributed by atoms with Gasteiger partial charge in [0.05, 0.1) is 0 Å². The Kier molecular flexibility index (Phi) is 5.17. The number of rotatable bonds is 5. The van der Waals surface area contributed by atoms with Gasteiger partial charge in [-0.1, -0.05) is 56.5 Å². The van der Waals surface area contributed by atoms with Gasteiger partial charge >= 0.3 is 0 Å². The number of benzene rings is 1. The molecule has 0 saturated heterocycles. The van der Waals surface area contributed by atoms with E-state index in [2.05, 4.69) is 45.0 Å². The largest absolute Gasteiger partial charge is 0.126 e. The number of hydrogen-bond acceptors (Lipinski definition) is 0. The van der Waals surface area contributed by atoms with Gasteiger partial charge in [0, 0.05) is 11.8 Å². The van der Waals surface area contributed by atoms with Gasteiger partial charge in [-0.25, -0.2) is 0 Å². The minimum atomic E-state index is 0.515. The molecule has 0 fully saturated rings.